The fourth-order valence-electron chi connectivity index (χ4n) is 3.59. The molecule has 3 rings (SSSR count). The second-order valence-electron chi connectivity index (χ2n) is 6.38. The third-order valence-electron chi connectivity index (χ3n) is 5.05. The minimum atomic E-state index is -0.243. The third kappa shape index (κ3) is 2.28. The van der Waals surface area contributed by atoms with Gasteiger partial charge in [-0.05, 0) is 32.1 Å². The zero-order valence-corrected chi connectivity index (χ0v) is 11.2. The van der Waals surface area contributed by atoms with Crippen molar-refractivity contribution in [1.82, 2.24) is 10.2 Å². The zero-order chi connectivity index (χ0) is 12.6. The van der Waals surface area contributed by atoms with Crippen molar-refractivity contribution in [3.63, 3.8) is 0 Å². The summed E-state index contributed by atoms with van der Waals surface area (Å²) in [5.74, 6) is 0.227. The quantitative estimate of drug-likeness (QED) is 0.779. The molecule has 1 saturated heterocycles. The van der Waals surface area contributed by atoms with E-state index in [1.54, 1.807) is 0 Å². The Kier molecular flexibility index (Phi) is 3.32. The average Bonchev–Trinajstić information content (AvgIpc) is 2.93. The molecule has 4 nitrogen and oxygen atoms in total. The predicted octanol–water partition coefficient (Wildman–Crippen LogP) is 0.858. The van der Waals surface area contributed by atoms with Crippen LogP contribution in [-0.4, -0.2) is 42.5 Å². The van der Waals surface area contributed by atoms with Crippen LogP contribution in [0.4, 0.5) is 0 Å². The van der Waals surface area contributed by atoms with Gasteiger partial charge in [-0.3, -0.25) is 9.69 Å². The van der Waals surface area contributed by atoms with E-state index in [0.29, 0.717) is 12.6 Å². The first-order valence-corrected chi connectivity index (χ1v) is 7.49. The lowest BCUT2D eigenvalue weighted by molar-refractivity contribution is -0.131. The summed E-state index contributed by atoms with van der Waals surface area (Å²) in [6, 6.07) is 1.18. The molecule has 1 heterocycles. The van der Waals surface area contributed by atoms with Crippen molar-refractivity contribution in [2.24, 2.45) is 11.1 Å². The molecule has 0 radical (unpaired) electrons. The Labute approximate surface area is 109 Å². The Balaban J connectivity index is 1.54. The van der Waals surface area contributed by atoms with Gasteiger partial charge in [0.1, 0.15) is 0 Å². The van der Waals surface area contributed by atoms with Crippen LogP contribution in [0.1, 0.15) is 44.9 Å². The summed E-state index contributed by atoms with van der Waals surface area (Å²) in [6.45, 7) is 2.72. The number of nitrogens with zero attached hydrogens (tertiary/aromatic N) is 1. The van der Waals surface area contributed by atoms with Gasteiger partial charge in [0.2, 0.25) is 5.91 Å². The van der Waals surface area contributed by atoms with Crippen molar-refractivity contribution in [2.75, 3.05) is 19.6 Å². The van der Waals surface area contributed by atoms with Gasteiger partial charge in [-0.25, -0.2) is 0 Å². The highest BCUT2D eigenvalue weighted by Crippen LogP contribution is 2.37. The number of nitrogens with two attached hydrogens (primary N) is 1. The largest absolute Gasteiger partial charge is 0.352 e. The summed E-state index contributed by atoms with van der Waals surface area (Å²) in [6.07, 6.45) is 8.10. The lowest BCUT2D eigenvalue weighted by Gasteiger charge is -2.28. The van der Waals surface area contributed by atoms with E-state index in [0.717, 1.165) is 51.2 Å². The summed E-state index contributed by atoms with van der Waals surface area (Å²) >= 11 is 0. The van der Waals surface area contributed by atoms with E-state index in [9.17, 15) is 4.79 Å². The molecule has 2 aliphatic carbocycles. The lowest BCUT2D eigenvalue weighted by atomic mass is 9.85. The number of nitrogens with one attached hydrogen (secondary N) is 1. The molecule has 3 N–H and O–H groups in total. The molecule has 0 aromatic heterocycles. The van der Waals surface area contributed by atoms with Crippen LogP contribution in [0.25, 0.3) is 0 Å². The fraction of sp³-hybridized carbons (Fsp3) is 0.929. The van der Waals surface area contributed by atoms with Gasteiger partial charge in [-0.1, -0.05) is 12.8 Å². The predicted molar refractivity (Wildman–Crippen MR) is 71.1 cm³/mol. The van der Waals surface area contributed by atoms with Crippen LogP contribution < -0.4 is 11.1 Å². The molecule has 1 atom stereocenters. The molecule has 0 aromatic rings. The second-order valence-corrected chi connectivity index (χ2v) is 6.38. The van der Waals surface area contributed by atoms with Crippen molar-refractivity contribution in [3.8, 4) is 0 Å². The fourth-order valence-corrected chi connectivity index (χ4v) is 3.59. The first kappa shape index (κ1) is 12.4. The highest BCUT2D eigenvalue weighted by molar-refractivity contribution is 5.83. The van der Waals surface area contributed by atoms with Crippen LogP contribution in [0.15, 0.2) is 0 Å². The van der Waals surface area contributed by atoms with Crippen LogP contribution >= 0.6 is 0 Å². The van der Waals surface area contributed by atoms with Crippen molar-refractivity contribution < 1.29 is 4.79 Å². The van der Waals surface area contributed by atoms with E-state index < -0.39 is 0 Å². The minimum Gasteiger partial charge on any atom is -0.352 e. The molecule has 0 bridgehead atoms. The summed E-state index contributed by atoms with van der Waals surface area (Å²) in [7, 11) is 0. The molecule has 4 heteroatoms. The Hall–Kier alpha value is -0.610. The van der Waals surface area contributed by atoms with E-state index in [1.807, 2.05) is 0 Å². The Bertz CT molecular complexity index is 321. The molecule has 18 heavy (non-hydrogen) atoms. The van der Waals surface area contributed by atoms with Crippen LogP contribution in [-0.2, 0) is 4.79 Å². The lowest BCUT2D eigenvalue weighted by Crippen LogP contribution is -2.48. The number of rotatable bonds is 4. The molecule has 102 valence electrons. The third-order valence-corrected chi connectivity index (χ3v) is 5.05. The van der Waals surface area contributed by atoms with Crippen molar-refractivity contribution >= 4 is 5.91 Å². The Morgan fingerprint density at radius 2 is 2.00 bits per heavy atom. The van der Waals surface area contributed by atoms with Gasteiger partial charge in [-0.2, -0.15) is 0 Å². The molecule has 1 unspecified atom stereocenters. The van der Waals surface area contributed by atoms with Crippen molar-refractivity contribution in [1.29, 1.82) is 0 Å². The first-order chi connectivity index (χ1) is 8.73. The van der Waals surface area contributed by atoms with Gasteiger partial charge < -0.3 is 11.1 Å². The Morgan fingerprint density at radius 3 is 2.61 bits per heavy atom. The average molecular weight is 251 g/mol. The molecule has 2 saturated carbocycles. The summed E-state index contributed by atoms with van der Waals surface area (Å²) in [4.78, 5) is 15.0. The molecule has 3 aliphatic rings. The monoisotopic (exact) mass is 251 g/mol. The maximum Gasteiger partial charge on any atom is 0.227 e. The van der Waals surface area contributed by atoms with E-state index in [4.69, 9.17) is 5.73 Å². The van der Waals surface area contributed by atoms with Gasteiger partial charge in [0.15, 0.2) is 0 Å². The molecular formula is C14H25N3O. The molecular weight excluding hydrogens is 226 g/mol. The number of carbonyl (C=O) groups excluding carboxylic acids is 1. The standard InChI is InChI=1S/C14H25N3O/c15-10-14(6-1-2-7-14)13(18)16-11-5-8-17(9-11)12-3-4-12/h11-12H,1-10,15H2,(H,16,18). The number of hydrogen-bond donors (Lipinski definition) is 2. The normalized spacial score (nSPS) is 31.7. The van der Waals surface area contributed by atoms with E-state index >= 15 is 0 Å². The first-order valence-electron chi connectivity index (χ1n) is 7.49. The number of carbonyl (C=O) groups is 1. The van der Waals surface area contributed by atoms with Gasteiger partial charge in [0, 0.05) is 31.7 Å². The summed E-state index contributed by atoms with van der Waals surface area (Å²) in [5.41, 5.74) is 5.62. The highest BCUT2D eigenvalue weighted by Gasteiger charge is 2.42. The molecule has 3 fully saturated rings. The van der Waals surface area contributed by atoms with Gasteiger partial charge >= 0.3 is 0 Å². The number of amides is 1. The zero-order valence-electron chi connectivity index (χ0n) is 11.2. The topological polar surface area (TPSA) is 58.4 Å². The maximum atomic E-state index is 12.4. The minimum absolute atomic E-state index is 0.227. The number of hydrogen-bond acceptors (Lipinski definition) is 3. The van der Waals surface area contributed by atoms with Gasteiger partial charge in [0.05, 0.1) is 5.41 Å². The van der Waals surface area contributed by atoms with E-state index in [2.05, 4.69) is 10.2 Å². The van der Waals surface area contributed by atoms with Crippen molar-refractivity contribution in [2.45, 2.75) is 57.0 Å². The van der Waals surface area contributed by atoms with Crippen molar-refractivity contribution in [3.05, 3.63) is 0 Å². The van der Waals surface area contributed by atoms with E-state index in [1.165, 1.54) is 12.8 Å². The second kappa shape index (κ2) is 4.82. The molecule has 0 aromatic carbocycles. The van der Waals surface area contributed by atoms with Gasteiger partial charge in [-0.15, -0.1) is 0 Å². The molecule has 0 spiro atoms. The van der Waals surface area contributed by atoms with Crippen LogP contribution in [0, 0.1) is 5.41 Å². The maximum absolute atomic E-state index is 12.4. The smallest absolute Gasteiger partial charge is 0.227 e. The van der Waals surface area contributed by atoms with Crippen LogP contribution in [0.3, 0.4) is 0 Å². The summed E-state index contributed by atoms with van der Waals surface area (Å²) < 4.78 is 0. The number of likely N-dealkylation sites (tertiary alicyclic amines) is 1. The van der Waals surface area contributed by atoms with E-state index in [-0.39, 0.29) is 11.3 Å². The summed E-state index contributed by atoms with van der Waals surface area (Å²) in [5, 5.41) is 3.26. The van der Waals surface area contributed by atoms with Crippen LogP contribution in [0.2, 0.25) is 0 Å². The van der Waals surface area contributed by atoms with Crippen LogP contribution in [0.5, 0.6) is 0 Å². The molecule has 1 aliphatic heterocycles. The Morgan fingerprint density at radius 1 is 1.28 bits per heavy atom. The SMILES string of the molecule is NCC1(C(=O)NC2CCN(C3CC3)C2)CCCC1. The van der Waals surface area contributed by atoms with Gasteiger partial charge in [0.25, 0.3) is 0 Å². The molecule has 1 amide bonds. The highest BCUT2D eigenvalue weighted by atomic mass is 16.2.